The summed E-state index contributed by atoms with van der Waals surface area (Å²) < 4.78 is 6.91. The maximum Gasteiger partial charge on any atom is 0.135 e. The third kappa shape index (κ3) is 1.60. The minimum atomic E-state index is 0.548. The highest BCUT2D eigenvalue weighted by Crippen LogP contribution is 2.46. The summed E-state index contributed by atoms with van der Waals surface area (Å²) in [7, 11) is 1.75. The normalized spacial score (nSPS) is 11.6. The van der Waals surface area contributed by atoms with Crippen LogP contribution in [0.2, 0.25) is 0 Å². The Kier molecular flexibility index (Phi) is 2.75. The van der Waals surface area contributed by atoms with E-state index in [9.17, 15) is 0 Å². The van der Waals surface area contributed by atoms with Crippen molar-refractivity contribution in [2.45, 2.75) is 19.8 Å². The van der Waals surface area contributed by atoms with Crippen LogP contribution < -0.4 is 4.74 Å². The van der Waals surface area contributed by atoms with Gasteiger partial charge in [-0.25, -0.2) is 0 Å². The average molecular weight is 256 g/mol. The second-order valence-electron chi connectivity index (χ2n) is 4.85. The fourth-order valence-corrected chi connectivity index (χ4v) is 3.37. The van der Waals surface area contributed by atoms with Crippen molar-refractivity contribution >= 4 is 21.4 Å². The lowest BCUT2D eigenvalue weighted by Crippen LogP contribution is -1.82. The number of ether oxygens (including phenoxy) is 1. The van der Waals surface area contributed by atoms with E-state index in [-0.39, 0.29) is 0 Å². The molecule has 0 unspecified atom stereocenters. The van der Waals surface area contributed by atoms with Crippen LogP contribution in [-0.2, 0) is 0 Å². The van der Waals surface area contributed by atoms with Crippen LogP contribution in [0.1, 0.15) is 25.3 Å². The van der Waals surface area contributed by atoms with Crippen molar-refractivity contribution < 1.29 is 4.74 Å². The SMILES string of the molecule is COc1c2ccc(C(C)C)ccc-2c2sccc12. The molecule has 18 heavy (non-hydrogen) atoms. The summed E-state index contributed by atoms with van der Waals surface area (Å²) in [6, 6.07) is 11.0. The van der Waals surface area contributed by atoms with Gasteiger partial charge in [0.1, 0.15) is 5.75 Å². The first-order valence-electron chi connectivity index (χ1n) is 6.19. The zero-order valence-corrected chi connectivity index (χ0v) is 11.7. The largest absolute Gasteiger partial charge is 0.495 e. The summed E-state index contributed by atoms with van der Waals surface area (Å²) in [5.41, 5.74) is 3.87. The summed E-state index contributed by atoms with van der Waals surface area (Å²) in [6.07, 6.45) is 0. The predicted molar refractivity (Wildman–Crippen MR) is 79.1 cm³/mol. The third-order valence-electron chi connectivity index (χ3n) is 3.44. The van der Waals surface area contributed by atoms with E-state index < -0.39 is 0 Å². The lowest BCUT2D eigenvalue weighted by Gasteiger charge is -2.00. The van der Waals surface area contributed by atoms with Crippen molar-refractivity contribution in [3.63, 3.8) is 0 Å². The van der Waals surface area contributed by atoms with Crippen LogP contribution in [0.4, 0.5) is 0 Å². The van der Waals surface area contributed by atoms with Crippen molar-refractivity contribution in [2.75, 3.05) is 7.11 Å². The molecule has 1 aromatic rings. The monoisotopic (exact) mass is 256 g/mol. The summed E-state index contributed by atoms with van der Waals surface area (Å²) >= 11 is 1.78. The van der Waals surface area contributed by atoms with Gasteiger partial charge in [0.2, 0.25) is 0 Å². The van der Waals surface area contributed by atoms with Crippen LogP contribution in [0.15, 0.2) is 35.7 Å². The fourth-order valence-electron chi connectivity index (χ4n) is 2.44. The Morgan fingerprint density at radius 1 is 1.00 bits per heavy atom. The Labute approximate surface area is 111 Å². The zero-order chi connectivity index (χ0) is 12.7. The van der Waals surface area contributed by atoms with Crippen LogP contribution in [0, 0.1) is 0 Å². The van der Waals surface area contributed by atoms with Crippen molar-refractivity contribution in [2.24, 2.45) is 0 Å². The van der Waals surface area contributed by atoms with Gasteiger partial charge in [-0.1, -0.05) is 38.1 Å². The first-order valence-corrected chi connectivity index (χ1v) is 7.07. The minimum Gasteiger partial charge on any atom is -0.495 e. The van der Waals surface area contributed by atoms with Gasteiger partial charge >= 0.3 is 0 Å². The van der Waals surface area contributed by atoms with E-state index >= 15 is 0 Å². The molecule has 2 heteroatoms. The van der Waals surface area contributed by atoms with Crippen LogP contribution in [0.3, 0.4) is 0 Å². The molecule has 0 N–H and O–H groups in total. The molecule has 2 aliphatic carbocycles. The molecule has 92 valence electrons. The highest BCUT2D eigenvalue weighted by molar-refractivity contribution is 7.18. The van der Waals surface area contributed by atoms with Gasteiger partial charge in [0, 0.05) is 21.2 Å². The molecule has 0 saturated heterocycles. The smallest absolute Gasteiger partial charge is 0.135 e. The number of hydrogen-bond acceptors (Lipinski definition) is 2. The van der Waals surface area contributed by atoms with Gasteiger partial charge in [0.05, 0.1) is 7.11 Å². The van der Waals surface area contributed by atoms with Crippen LogP contribution in [0.25, 0.3) is 21.2 Å². The standard InChI is InChI=1S/C16H16OS/c1-10(2)11-4-6-12-13(7-5-11)16-14(8-9-18-16)15(12)17-3/h4-10H,1-3H3. The molecular weight excluding hydrogens is 240 g/mol. The minimum absolute atomic E-state index is 0.548. The molecule has 0 aliphatic heterocycles. The average Bonchev–Trinajstić information content (AvgIpc) is 2.83. The number of thiophene rings is 1. The summed E-state index contributed by atoms with van der Waals surface area (Å²) in [6.45, 7) is 4.44. The molecule has 0 saturated carbocycles. The van der Waals surface area contributed by atoms with Gasteiger partial charge in [-0.15, -0.1) is 11.3 Å². The molecule has 0 fully saturated rings. The van der Waals surface area contributed by atoms with E-state index in [1.807, 2.05) is 0 Å². The van der Waals surface area contributed by atoms with Crippen molar-refractivity contribution in [3.8, 4) is 16.9 Å². The molecule has 0 bridgehead atoms. The topological polar surface area (TPSA) is 9.23 Å². The summed E-state index contributed by atoms with van der Waals surface area (Å²) in [5, 5.41) is 3.36. The Balaban J connectivity index is 2.36. The summed E-state index contributed by atoms with van der Waals surface area (Å²) in [4.78, 5) is 0. The van der Waals surface area contributed by atoms with Crippen molar-refractivity contribution in [3.05, 3.63) is 41.3 Å². The maximum absolute atomic E-state index is 5.59. The van der Waals surface area contributed by atoms with Crippen molar-refractivity contribution in [1.82, 2.24) is 0 Å². The van der Waals surface area contributed by atoms with E-state index in [0.717, 1.165) is 5.75 Å². The predicted octanol–water partition coefficient (Wildman–Crippen LogP) is 5.14. The van der Waals surface area contributed by atoms with Gasteiger partial charge in [0.15, 0.2) is 0 Å². The second-order valence-corrected chi connectivity index (χ2v) is 5.76. The van der Waals surface area contributed by atoms with Gasteiger partial charge in [-0.2, -0.15) is 0 Å². The number of hydrogen-bond donors (Lipinski definition) is 0. The fraction of sp³-hybridized carbons (Fsp3) is 0.250. The van der Waals surface area contributed by atoms with Gasteiger partial charge in [-0.3, -0.25) is 0 Å². The molecular formula is C16H16OS. The van der Waals surface area contributed by atoms with Gasteiger partial charge in [-0.05, 0) is 22.9 Å². The molecule has 0 radical (unpaired) electrons. The molecule has 1 heterocycles. The molecule has 0 amide bonds. The number of methoxy groups -OCH3 is 1. The van der Waals surface area contributed by atoms with E-state index in [1.54, 1.807) is 18.4 Å². The van der Waals surface area contributed by atoms with Crippen molar-refractivity contribution in [1.29, 1.82) is 0 Å². The Morgan fingerprint density at radius 3 is 2.39 bits per heavy atom. The highest BCUT2D eigenvalue weighted by Gasteiger charge is 2.18. The molecule has 0 aromatic carbocycles. The van der Waals surface area contributed by atoms with Crippen LogP contribution in [-0.4, -0.2) is 7.11 Å². The molecule has 1 nitrogen and oxygen atoms in total. The Morgan fingerprint density at radius 2 is 1.72 bits per heavy atom. The number of rotatable bonds is 2. The molecule has 0 spiro atoms. The van der Waals surface area contributed by atoms with E-state index in [2.05, 4.69) is 49.6 Å². The zero-order valence-electron chi connectivity index (χ0n) is 10.9. The lowest BCUT2D eigenvalue weighted by molar-refractivity contribution is 0.422. The van der Waals surface area contributed by atoms with Gasteiger partial charge in [0.25, 0.3) is 0 Å². The van der Waals surface area contributed by atoms with Gasteiger partial charge < -0.3 is 4.74 Å². The van der Waals surface area contributed by atoms with Crippen LogP contribution >= 0.6 is 11.3 Å². The first kappa shape index (κ1) is 11.5. The van der Waals surface area contributed by atoms with E-state index in [1.165, 1.54) is 26.8 Å². The molecule has 3 rings (SSSR count). The van der Waals surface area contributed by atoms with E-state index in [0.29, 0.717) is 5.92 Å². The lowest BCUT2D eigenvalue weighted by atomic mass is 10.1. The maximum atomic E-state index is 5.59. The Bertz CT molecular complexity index is 666. The van der Waals surface area contributed by atoms with Crippen LogP contribution in [0.5, 0.6) is 5.75 Å². The molecule has 2 aliphatic rings. The third-order valence-corrected chi connectivity index (χ3v) is 4.39. The number of fused-ring (bicyclic) bond motifs is 3. The van der Waals surface area contributed by atoms with E-state index in [4.69, 9.17) is 4.74 Å². The molecule has 0 atom stereocenters. The Hall–Kier alpha value is -1.54. The first-order chi connectivity index (χ1) is 8.72. The highest BCUT2D eigenvalue weighted by atomic mass is 32.1. The molecule has 1 aromatic heterocycles. The second kappa shape index (κ2) is 4.29. The summed E-state index contributed by atoms with van der Waals surface area (Å²) in [5.74, 6) is 1.55. The quantitative estimate of drug-likeness (QED) is 0.617.